The summed E-state index contributed by atoms with van der Waals surface area (Å²) in [5, 5.41) is 0.438. The second-order valence-electron chi connectivity index (χ2n) is 7.10. The van der Waals surface area contributed by atoms with Crippen LogP contribution in [-0.4, -0.2) is 34.9 Å². The Morgan fingerprint density at radius 1 is 1.28 bits per heavy atom. The number of hydrogen-bond acceptors (Lipinski definition) is 6. The van der Waals surface area contributed by atoms with E-state index in [0.717, 1.165) is 19.3 Å². The molecule has 7 nitrogen and oxygen atoms in total. The molecule has 1 aliphatic rings. The second kappa shape index (κ2) is 9.35. The monoisotopic (exact) mass is 417 g/mol. The van der Waals surface area contributed by atoms with Crippen LogP contribution in [0.4, 0.5) is 0 Å². The van der Waals surface area contributed by atoms with Gasteiger partial charge in [-0.25, -0.2) is 4.98 Å². The van der Waals surface area contributed by atoms with Crippen LogP contribution in [0.15, 0.2) is 33.7 Å². The van der Waals surface area contributed by atoms with Crippen molar-refractivity contribution in [3.05, 3.63) is 34.1 Å². The van der Waals surface area contributed by atoms with E-state index in [1.54, 1.807) is 23.6 Å². The Hall–Kier alpha value is -2.48. The van der Waals surface area contributed by atoms with Crippen molar-refractivity contribution in [2.24, 2.45) is 5.73 Å². The predicted molar refractivity (Wildman–Crippen MR) is 115 cm³/mol. The summed E-state index contributed by atoms with van der Waals surface area (Å²) >= 11 is 1.20. The van der Waals surface area contributed by atoms with Gasteiger partial charge >= 0.3 is 0 Å². The third kappa shape index (κ3) is 4.75. The minimum Gasteiger partial charge on any atom is -0.493 e. The molecule has 1 aromatic carbocycles. The molecule has 0 fully saturated rings. The zero-order valence-electron chi connectivity index (χ0n) is 17.1. The summed E-state index contributed by atoms with van der Waals surface area (Å²) in [4.78, 5) is 29.6. The van der Waals surface area contributed by atoms with Crippen LogP contribution >= 0.6 is 11.8 Å². The Kier molecular flexibility index (Phi) is 6.84. The van der Waals surface area contributed by atoms with E-state index in [-0.39, 0.29) is 5.56 Å². The van der Waals surface area contributed by atoms with Gasteiger partial charge in [0.25, 0.3) is 5.56 Å². The Morgan fingerprint density at radius 2 is 2.00 bits per heavy atom. The molecule has 1 atom stereocenters. The van der Waals surface area contributed by atoms with E-state index in [0.29, 0.717) is 34.1 Å². The Balaban J connectivity index is 2.08. The summed E-state index contributed by atoms with van der Waals surface area (Å²) in [6.07, 6.45) is 7.64. The first-order valence-corrected chi connectivity index (χ1v) is 10.6. The van der Waals surface area contributed by atoms with Crippen LogP contribution in [-0.2, 0) is 11.3 Å². The lowest BCUT2D eigenvalue weighted by Crippen LogP contribution is -2.27. The number of thioether (sulfide) groups is 1. The van der Waals surface area contributed by atoms with E-state index in [4.69, 9.17) is 15.2 Å². The molecule has 3 rings (SSSR count). The molecular weight excluding hydrogens is 390 g/mol. The van der Waals surface area contributed by atoms with Gasteiger partial charge in [-0.2, -0.15) is 0 Å². The van der Waals surface area contributed by atoms with Crippen molar-refractivity contribution in [2.45, 2.75) is 56.0 Å². The van der Waals surface area contributed by atoms with Crippen molar-refractivity contribution in [1.29, 1.82) is 0 Å². The molecule has 29 heavy (non-hydrogen) atoms. The number of carbonyl (C=O) groups excluding carboxylic acids is 1. The number of benzene rings is 1. The molecule has 1 aliphatic carbocycles. The summed E-state index contributed by atoms with van der Waals surface area (Å²) < 4.78 is 12.3. The Labute approximate surface area is 174 Å². The molecule has 156 valence electrons. The van der Waals surface area contributed by atoms with Crippen LogP contribution < -0.4 is 20.8 Å². The van der Waals surface area contributed by atoms with E-state index in [1.165, 1.54) is 44.4 Å². The lowest BCUT2D eigenvalue weighted by atomic mass is 9.97. The molecule has 2 aromatic rings. The van der Waals surface area contributed by atoms with Crippen LogP contribution in [0.5, 0.6) is 11.5 Å². The highest BCUT2D eigenvalue weighted by molar-refractivity contribution is 8.00. The molecule has 8 heteroatoms. The third-order valence-corrected chi connectivity index (χ3v) is 6.26. The van der Waals surface area contributed by atoms with E-state index in [2.05, 4.69) is 11.1 Å². The zero-order valence-corrected chi connectivity index (χ0v) is 17.9. The Bertz CT molecular complexity index is 1000. The van der Waals surface area contributed by atoms with Crippen LogP contribution in [0.25, 0.3) is 10.9 Å². The molecule has 0 saturated heterocycles. The van der Waals surface area contributed by atoms with Gasteiger partial charge < -0.3 is 15.2 Å². The number of nitrogens with two attached hydrogens (primary N) is 1. The van der Waals surface area contributed by atoms with Crippen LogP contribution in [0.2, 0.25) is 0 Å². The largest absolute Gasteiger partial charge is 0.493 e. The lowest BCUT2D eigenvalue weighted by Gasteiger charge is -2.18. The number of hydrogen-bond donors (Lipinski definition) is 1. The number of rotatable bonds is 8. The number of aromatic nitrogens is 2. The van der Waals surface area contributed by atoms with Crippen molar-refractivity contribution in [3.8, 4) is 11.5 Å². The maximum atomic E-state index is 13.3. The quantitative estimate of drug-likeness (QED) is 0.402. The summed E-state index contributed by atoms with van der Waals surface area (Å²) in [6, 6.07) is 3.34. The first kappa shape index (κ1) is 21.2. The fourth-order valence-corrected chi connectivity index (χ4v) is 4.30. The number of fused-ring (bicyclic) bond motifs is 1. The molecule has 0 unspecified atom stereocenters. The fraction of sp³-hybridized carbons (Fsp3) is 0.476. The number of methoxy groups -OCH3 is 2. The van der Waals surface area contributed by atoms with Crippen molar-refractivity contribution < 1.29 is 14.3 Å². The standard InChI is InChI=1S/C21H27N3O4S/c1-13(19(22)25)29-21-23-16-12-18(28-3)17(27-2)11-15(16)20(26)24(21)10-9-14-7-5-4-6-8-14/h7,11-13H,4-6,8-10H2,1-3H3,(H2,22,25)/t13-/m1/s1. The first-order valence-electron chi connectivity index (χ1n) is 9.75. The average Bonchev–Trinajstić information content (AvgIpc) is 2.73. The van der Waals surface area contributed by atoms with Gasteiger partial charge in [0.15, 0.2) is 16.7 Å². The molecule has 0 spiro atoms. The molecule has 0 bridgehead atoms. The lowest BCUT2D eigenvalue weighted by molar-refractivity contribution is -0.117. The third-order valence-electron chi connectivity index (χ3n) is 5.15. The molecular formula is C21H27N3O4S. The molecule has 1 amide bonds. The normalized spacial score (nSPS) is 15.1. The smallest absolute Gasteiger partial charge is 0.262 e. The van der Waals surface area contributed by atoms with Gasteiger partial charge in [-0.15, -0.1) is 0 Å². The predicted octanol–water partition coefficient (Wildman–Crippen LogP) is 3.27. The highest BCUT2D eigenvalue weighted by Gasteiger charge is 2.19. The number of nitrogens with zero attached hydrogens (tertiary/aromatic N) is 2. The van der Waals surface area contributed by atoms with Gasteiger partial charge in [0, 0.05) is 12.6 Å². The van der Waals surface area contributed by atoms with E-state index in [1.807, 2.05) is 0 Å². The van der Waals surface area contributed by atoms with E-state index >= 15 is 0 Å². The maximum Gasteiger partial charge on any atom is 0.262 e. The number of allylic oxidation sites excluding steroid dienone is 2. The summed E-state index contributed by atoms with van der Waals surface area (Å²) in [5.41, 5.74) is 7.15. The molecule has 1 aromatic heterocycles. The van der Waals surface area contributed by atoms with Gasteiger partial charge in [-0.3, -0.25) is 14.2 Å². The topological polar surface area (TPSA) is 96.4 Å². The van der Waals surface area contributed by atoms with Gasteiger partial charge in [0.05, 0.1) is 30.4 Å². The fourth-order valence-electron chi connectivity index (χ4n) is 3.42. The number of amides is 1. The zero-order chi connectivity index (χ0) is 21.0. The van der Waals surface area contributed by atoms with Gasteiger partial charge in [-0.05, 0) is 45.1 Å². The van der Waals surface area contributed by atoms with E-state index < -0.39 is 11.2 Å². The van der Waals surface area contributed by atoms with Gasteiger partial charge in [0.1, 0.15) is 0 Å². The number of carbonyl (C=O) groups is 1. The van der Waals surface area contributed by atoms with E-state index in [9.17, 15) is 9.59 Å². The molecule has 0 saturated carbocycles. The van der Waals surface area contributed by atoms with Gasteiger partial charge in [0.2, 0.25) is 5.91 Å². The molecule has 1 heterocycles. The minimum atomic E-state index is -0.500. The maximum absolute atomic E-state index is 13.3. The van der Waals surface area contributed by atoms with Gasteiger partial charge in [-0.1, -0.05) is 23.4 Å². The summed E-state index contributed by atoms with van der Waals surface area (Å²) in [5.74, 6) is 0.528. The molecule has 0 aliphatic heterocycles. The molecule has 2 N–H and O–H groups in total. The summed E-state index contributed by atoms with van der Waals surface area (Å²) in [6.45, 7) is 2.22. The van der Waals surface area contributed by atoms with Crippen LogP contribution in [0.3, 0.4) is 0 Å². The average molecular weight is 418 g/mol. The highest BCUT2D eigenvalue weighted by Crippen LogP contribution is 2.32. The Morgan fingerprint density at radius 3 is 2.62 bits per heavy atom. The van der Waals surface area contributed by atoms with Crippen molar-refractivity contribution in [2.75, 3.05) is 14.2 Å². The van der Waals surface area contributed by atoms with Crippen molar-refractivity contribution in [1.82, 2.24) is 9.55 Å². The van der Waals surface area contributed by atoms with Crippen LogP contribution in [0.1, 0.15) is 39.0 Å². The minimum absolute atomic E-state index is 0.161. The van der Waals surface area contributed by atoms with Crippen molar-refractivity contribution >= 4 is 28.6 Å². The van der Waals surface area contributed by atoms with Crippen molar-refractivity contribution in [3.63, 3.8) is 0 Å². The number of ether oxygens (including phenoxy) is 2. The first-order chi connectivity index (χ1) is 13.9. The summed E-state index contributed by atoms with van der Waals surface area (Å²) in [7, 11) is 3.07. The highest BCUT2D eigenvalue weighted by atomic mass is 32.2. The number of primary amides is 1. The molecule has 0 radical (unpaired) electrons. The SMILES string of the molecule is COc1cc2nc(S[C@H](C)C(N)=O)n(CCC3=CCCCC3)c(=O)c2cc1OC. The van der Waals surface area contributed by atoms with Crippen LogP contribution in [0, 0.1) is 0 Å². The second-order valence-corrected chi connectivity index (χ2v) is 8.40.